The highest BCUT2D eigenvalue weighted by atomic mass is 16.5. The van der Waals surface area contributed by atoms with Gasteiger partial charge in [0.05, 0.1) is 24.3 Å². The highest BCUT2D eigenvalue weighted by Crippen LogP contribution is 2.08. The zero-order valence-corrected chi connectivity index (χ0v) is 20.7. The number of Topliss-reactive ketones (excluding diaryl/α,β-unsaturated/α-hetero) is 2. The van der Waals surface area contributed by atoms with Gasteiger partial charge in [-0.05, 0) is 51.0 Å². The van der Waals surface area contributed by atoms with E-state index in [1.165, 1.54) is 26.7 Å². The van der Waals surface area contributed by atoms with Crippen molar-refractivity contribution in [3.8, 4) is 0 Å². The van der Waals surface area contributed by atoms with Crippen molar-refractivity contribution in [2.24, 2.45) is 0 Å². The summed E-state index contributed by atoms with van der Waals surface area (Å²) in [5, 5.41) is 0. The molecule has 0 heterocycles. The van der Waals surface area contributed by atoms with Gasteiger partial charge in [0.2, 0.25) is 0 Å². The SMILES string of the molecule is CCCCCCOC(=O)c1ccc(C(C)=O)cc1.CCCCOC(=O)c1ccc(C(C)=O)cc1. The predicted molar refractivity (Wildman–Crippen MR) is 133 cm³/mol. The van der Waals surface area contributed by atoms with Crippen molar-refractivity contribution in [3.05, 3.63) is 70.8 Å². The number of benzene rings is 2. The van der Waals surface area contributed by atoms with E-state index in [1.54, 1.807) is 48.5 Å². The lowest BCUT2D eigenvalue weighted by Gasteiger charge is -2.05. The molecule has 2 aromatic rings. The fourth-order valence-electron chi connectivity index (χ4n) is 2.85. The average Bonchev–Trinajstić information content (AvgIpc) is 2.84. The lowest BCUT2D eigenvalue weighted by atomic mass is 10.1. The summed E-state index contributed by atoms with van der Waals surface area (Å²) in [6.45, 7) is 8.09. The fourth-order valence-corrected chi connectivity index (χ4v) is 2.85. The van der Waals surface area contributed by atoms with Crippen LogP contribution >= 0.6 is 0 Å². The number of esters is 2. The van der Waals surface area contributed by atoms with Crippen molar-refractivity contribution in [2.75, 3.05) is 13.2 Å². The van der Waals surface area contributed by atoms with E-state index in [0.29, 0.717) is 35.5 Å². The Morgan fingerprint density at radius 3 is 1.24 bits per heavy atom. The van der Waals surface area contributed by atoms with E-state index >= 15 is 0 Å². The lowest BCUT2D eigenvalue weighted by Crippen LogP contribution is -2.06. The van der Waals surface area contributed by atoms with E-state index in [4.69, 9.17) is 9.47 Å². The van der Waals surface area contributed by atoms with Crippen LogP contribution in [0.25, 0.3) is 0 Å². The highest BCUT2D eigenvalue weighted by molar-refractivity contribution is 5.96. The van der Waals surface area contributed by atoms with Crippen LogP contribution in [0.2, 0.25) is 0 Å². The third-order valence-corrected chi connectivity index (χ3v) is 5.02. The number of carbonyl (C=O) groups excluding carboxylic acids is 4. The van der Waals surface area contributed by atoms with Crippen LogP contribution < -0.4 is 0 Å². The van der Waals surface area contributed by atoms with Crippen LogP contribution in [0.4, 0.5) is 0 Å². The molecule has 0 saturated heterocycles. The minimum atomic E-state index is -0.330. The number of ketones is 2. The van der Waals surface area contributed by atoms with Gasteiger partial charge in [0.25, 0.3) is 0 Å². The van der Waals surface area contributed by atoms with Gasteiger partial charge < -0.3 is 9.47 Å². The van der Waals surface area contributed by atoms with Crippen LogP contribution in [-0.2, 0) is 9.47 Å². The van der Waals surface area contributed by atoms with Crippen molar-refractivity contribution < 1.29 is 28.7 Å². The third-order valence-electron chi connectivity index (χ3n) is 5.02. The second kappa shape index (κ2) is 16.4. The molecule has 0 N–H and O–H groups in total. The first-order valence-electron chi connectivity index (χ1n) is 11.9. The Morgan fingerprint density at radius 2 is 0.882 bits per heavy atom. The van der Waals surface area contributed by atoms with E-state index in [0.717, 1.165) is 25.7 Å². The Hall–Kier alpha value is -3.28. The highest BCUT2D eigenvalue weighted by Gasteiger charge is 2.08. The van der Waals surface area contributed by atoms with Crippen LogP contribution in [-0.4, -0.2) is 36.7 Å². The first-order chi connectivity index (χ1) is 16.3. The molecule has 0 saturated carbocycles. The van der Waals surface area contributed by atoms with Gasteiger partial charge in [0.15, 0.2) is 11.6 Å². The molecule has 0 aliphatic heterocycles. The van der Waals surface area contributed by atoms with Crippen molar-refractivity contribution in [3.63, 3.8) is 0 Å². The number of carbonyl (C=O) groups is 4. The number of ether oxygens (including phenoxy) is 2. The maximum absolute atomic E-state index is 11.7. The molecule has 184 valence electrons. The Morgan fingerprint density at radius 1 is 0.529 bits per heavy atom. The Kier molecular flexibility index (Phi) is 13.8. The Labute approximate surface area is 202 Å². The molecule has 34 heavy (non-hydrogen) atoms. The van der Waals surface area contributed by atoms with Crippen LogP contribution in [0, 0.1) is 0 Å². The second-order valence-corrected chi connectivity index (χ2v) is 7.95. The maximum atomic E-state index is 11.7. The molecule has 0 unspecified atom stereocenters. The van der Waals surface area contributed by atoms with Crippen LogP contribution in [0.1, 0.15) is 108 Å². The van der Waals surface area contributed by atoms with E-state index in [9.17, 15) is 19.2 Å². The molecule has 6 heteroatoms. The quantitative estimate of drug-likeness (QED) is 0.201. The summed E-state index contributed by atoms with van der Waals surface area (Å²) in [7, 11) is 0. The average molecular weight is 469 g/mol. The molecule has 0 fully saturated rings. The summed E-state index contributed by atoms with van der Waals surface area (Å²) >= 11 is 0. The molecule has 6 nitrogen and oxygen atoms in total. The molecule has 0 bridgehead atoms. The van der Waals surface area contributed by atoms with Crippen molar-refractivity contribution in [1.82, 2.24) is 0 Å². The number of hydrogen-bond acceptors (Lipinski definition) is 6. The van der Waals surface area contributed by atoms with Gasteiger partial charge in [0, 0.05) is 11.1 Å². The summed E-state index contributed by atoms with van der Waals surface area (Å²) in [5.74, 6) is -0.662. The zero-order chi connectivity index (χ0) is 25.3. The molecular weight excluding hydrogens is 432 g/mol. The van der Waals surface area contributed by atoms with Gasteiger partial charge in [0.1, 0.15) is 0 Å². The summed E-state index contributed by atoms with van der Waals surface area (Å²) < 4.78 is 10.2. The number of hydrogen-bond donors (Lipinski definition) is 0. The Bertz CT molecular complexity index is 913. The standard InChI is InChI=1S/C15H20O3.C13H16O3/c1-3-4-5-6-11-18-15(17)14-9-7-13(8-10-14)12(2)16;1-3-4-9-16-13(15)12-7-5-11(6-8-12)10(2)14/h7-10H,3-6,11H2,1-2H3;5-8H,3-4,9H2,1-2H3. The molecular formula is C28H36O6. The van der Waals surface area contributed by atoms with E-state index < -0.39 is 0 Å². The van der Waals surface area contributed by atoms with Crippen molar-refractivity contribution in [2.45, 2.75) is 66.2 Å². The third kappa shape index (κ3) is 11.0. The molecule has 2 rings (SSSR count). The Balaban J connectivity index is 0.000000342. The van der Waals surface area contributed by atoms with E-state index in [-0.39, 0.29) is 23.5 Å². The summed E-state index contributed by atoms with van der Waals surface area (Å²) in [4.78, 5) is 45.2. The van der Waals surface area contributed by atoms with Gasteiger partial charge >= 0.3 is 11.9 Å². The molecule has 0 atom stereocenters. The normalized spacial score (nSPS) is 10.0. The van der Waals surface area contributed by atoms with Gasteiger partial charge in [-0.25, -0.2) is 9.59 Å². The molecule has 0 aliphatic carbocycles. The molecule has 0 aliphatic rings. The minimum absolute atomic E-state index is 0.00511. The monoisotopic (exact) mass is 468 g/mol. The second-order valence-electron chi connectivity index (χ2n) is 7.95. The lowest BCUT2D eigenvalue weighted by molar-refractivity contribution is 0.0489. The molecule has 0 radical (unpaired) electrons. The van der Waals surface area contributed by atoms with Gasteiger partial charge in [-0.2, -0.15) is 0 Å². The largest absolute Gasteiger partial charge is 0.462 e. The summed E-state index contributed by atoms with van der Waals surface area (Å²) in [6.07, 6.45) is 6.21. The number of rotatable bonds is 12. The van der Waals surface area contributed by atoms with E-state index in [1.807, 2.05) is 6.92 Å². The smallest absolute Gasteiger partial charge is 0.338 e. The van der Waals surface area contributed by atoms with E-state index in [2.05, 4.69) is 6.92 Å². The fraction of sp³-hybridized carbons (Fsp3) is 0.429. The maximum Gasteiger partial charge on any atom is 0.338 e. The van der Waals surface area contributed by atoms with Gasteiger partial charge in [-0.3, -0.25) is 9.59 Å². The van der Waals surface area contributed by atoms with Gasteiger partial charge in [-0.1, -0.05) is 63.8 Å². The van der Waals surface area contributed by atoms with Gasteiger partial charge in [-0.15, -0.1) is 0 Å². The number of unbranched alkanes of at least 4 members (excludes halogenated alkanes) is 4. The molecule has 2 aromatic carbocycles. The van der Waals surface area contributed by atoms with Crippen LogP contribution in [0.5, 0.6) is 0 Å². The minimum Gasteiger partial charge on any atom is -0.462 e. The zero-order valence-electron chi connectivity index (χ0n) is 20.7. The first-order valence-corrected chi connectivity index (χ1v) is 11.9. The van der Waals surface area contributed by atoms with Crippen LogP contribution in [0.15, 0.2) is 48.5 Å². The van der Waals surface area contributed by atoms with Crippen molar-refractivity contribution in [1.29, 1.82) is 0 Å². The summed E-state index contributed by atoms with van der Waals surface area (Å²) in [6, 6.07) is 13.1. The first kappa shape index (κ1) is 28.8. The predicted octanol–water partition coefficient (Wildman–Crippen LogP) is 6.47. The van der Waals surface area contributed by atoms with Crippen LogP contribution in [0.3, 0.4) is 0 Å². The topological polar surface area (TPSA) is 86.7 Å². The van der Waals surface area contributed by atoms with Crippen molar-refractivity contribution >= 4 is 23.5 Å². The molecule has 0 amide bonds. The molecule has 0 spiro atoms. The molecule has 0 aromatic heterocycles. The summed E-state index contributed by atoms with van der Waals surface area (Å²) in [5.41, 5.74) is 2.19.